The van der Waals surface area contributed by atoms with Gasteiger partial charge in [0.05, 0.1) is 26.8 Å². The molecule has 0 saturated heterocycles. The van der Waals surface area contributed by atoms with Gasteiger partial charge < -0.3 is 9.47 Å². The summed E-state index contributed by atoms with van der Waals surface area (Å²) in [6.45, 7) is 2.28. The van der Waals surface area contributed by atoms with Gasteiger partial charge >= 0.3 is 11.9 Å². The number of likely N-dealkylation sites (N-methyl/N-ethyl adjacent to an activating group) is 1. The summed E-state index contributed by atoms with van der Waals surface area (Å²) >= 11 is 0. The number of ether oxygens (including phenoxy) is 2. The summed E-state index contributed by atoms with van der Waals surface area (Å²) < 4.78 is 9.12. The third-order valence-corrected chi connectivity index (χ3v) is 1.33. The van der Waals surface area contributed by atoms with E-state index in [1.54, 1.807) is 14.0 Å². The second-order valence-corrected chi connectivity index (χ2v) is 2.55. The average molecular weight is 189 g/mol. The average Bonchev–Trinajstić information content (AvgIpc) is 2.04. The monoisotopic (exact) mass is 189 g/mol. The minimum absolute atomic E-state index is 0.0926. The topological polar surface area (TPSA) is 55.8 Å². The van der Waals surface area contributed by atoms with E-state index < -0.39 is 0 Å². The van der Waals surface area contributed by atoms with Gasteiger partial charge in [-0.05, 0) is 14.0 Å². The van der Waals surface area contributed by atoms with E-state index >= 15 is 0 Å². The molecule has 0 atom stereocenters. The normalized spacial score (nSPS) is 9.85. The SMILES string of the molecule is CCOC(=O)CN(C)CC(=O)OC. The zero-order chi connectivity index (χ0) is 10.3. The van der Waals surface area contributed by atoms with Crippen LogP contribution >= 0.6 is 0 Å². The highest BCUT2D eigenvalue weighted by Gasteiger charge is 2.10. The molecule has 0 heterocycles. The Kier molecular flexibility index (Phi) is 5.88. The minimum Gasteiger partial charge on any atom is -0.468 e. The van der Waals surface area contributed by atoms with Crippen LogP contribution < -0.4 is 0 Å². The molecule has 0 aromatic rings. The molecule has 76 valence electrons. The first kappa shape index (κ1) is 11.9. The first-order chi connectivity index (χ1) is 6.10. The molecular weight excluding hydrogens is 174 g/mol. The van der Waals surface area contributed by atoms with E-state index in [1.165, 1.54) is 12.0 Å². The maximum absolute atomic E-state index is 10.9. The minimum atomic E-state index is -0.369. The Morgan fingerprint density at radius 2 is 1.77 bits per heavy atom. The van der Waals surface area contributed by atoms with Gasteiger partial charge in [0.1, 0.15) is 0 Å². The number of esters is 2. The Labute approximate surface area is 77.6 Å². The standard InChI is InChI=1S/C8H15NO4/c1-4-13-8(11)6-9(2)5-7(10)12-3/h4-6H2,1-3H3. The summed E-state index contributed by atoms with van der Waals surface area (Å²) in [5.74, 6) is -0.708. The van der Waals surface area contributed by atoms with Crippen LogP contribution in [-0.2, 0) is 19.1 Å². The van der Waals surface area contributed by atoms with E-state index in [1.807, 2.05) is 0 Å². The van der Waals surface area contributed by atoms with E-state index in [2.05, 4.69) is 4.74 Å². The smallest absolute Gasteiger partial charge is 0.320 e. The highest BCUT2D eigenvalue weighted by molar-refractivity contribution is 5.74. The summed E-state index contributed by atoms with van der Waals surface area (Å²) in [6, 6.07) is 0. The fraction of sp³-hybridized carbons (Fsp3) is 0.750. The van der Waals surface area contributed by atoms with Gasteiger partial charge in [-0.25, -0.2) is 0 Å². The molecule has 0 radical (unpaired) electrons. The predicted octanol–water partition coefficient (Wildman–Crippen LogP) is -0.346. The molecule has 5 heteroatoms. The van der Waals surface area contributed by atoms with Gasteiger partial charge in [-0.15, -0.1) is 0 Å². The fourth-order valence-electron chi connectivity index (χ4n) is 0.768. The van der Waals surface area contributed by atoms with Crippen molar-refractivity contribution in [1.29, 1.82) is 0 Å². The maximum atomic E-state index is 10.9. The molecule has 0 amide bonds. The molecule has 0 fully saturated rings. The van der Waals surface area contributed by atoms with Crippen molar-refractivity contribution in [2.24, 2.45) is 0 Å². The molecule has 0 aliphatic heterocycles. The van der Waals surface area contributed by atoms with Crippen LogP contribution in [0, 0.1) is 0 Å². The number of rotatable bonds is 5. The van der Waals surface area contributed by atoms with Crippen molar-refractivity contribution < 1.29 is 19.1 Å². The van der Waals surface area contributed by atoms with E-state index in [4.69, 9.17) is 4.74 Å². The van der Waals surface area contributed by atoms with Crippen LogP contribution in [0.5, 0.6) is 0 Å². The third-order valence-electron chi connectivity index (χ3n) is 1.33. The van der Waals surface area contributed by atoms with Crippen molar-refractivity contribution in [3.8, 4) is 0 Å². The van der Waals surface area contributed by atoms with Gasteiger partial charge in [0.15, 0.2) is 0 Å². The number of methoxy groups -OCH3 is 1. The number of hydrogen-bond acceptors (Lipinski definition) is 5. The van der Waals surface area contributed by atoms with Gasteiger partial charge in [0.25, 0.3) is 0 Å². The lowest BCUT2D eigenvalue weighted by molar-refractivity contribution is -0.146. The van der Waals surface area contributed by atoms with E-state index in [9.17, 15) is 9.59 Å². The van der Waals surface area contributed by atoms with Crippen LogP contribution in [0.25, 0.3) is 0 Å². The quantitative estimate of drug-likeness (QED) is 0.553. The lowest BCUT2D eigenvalue weighted by Gasteiger charge is -2.13. The van der Waals surface area contributed by atoms with Crippen LogP contribution in [-0.4, -0.2) is 50.7 Å². The highest BCUT2D eigenvalue weighted by Crippen LogP contribution is 1.87. The zero-order valence-corrected chi connectivity index (χ0v) is 8.20. The van der Waals surface area contributed by atoms with Crippen LogP contribution in [0.15, 0.2) is 0 Å². The highest BCUT2D eigenvalue weighted by atomic mass is 16.5. The Hall–Kier alpha value is -1.10. The summed E-state index contributed by atoms with van der Waals surface area (Å²) in [5.41, 5.74) is 0. The molecule has 0 unspecified atom stereocenters. The summed E-state index contributed by atoms with van der Waals surface area (Å²) in [7, 11) is 2.95. The Bertz CT molecular complexity index is 181. The largest absolute Gasteiger partial charge is 0.468 e. The van der Waals surface area contributed by atoms with Crippen LogP contribution in [0.4, 0.5) is 0 Å². The van der Waals surface area contributed by atoms with Crippen molar-refractivity contribution in [2.75, 3.05) is 33.9 Å². The zero-order valence-electron chi connectivity index (χ0n) is 8.20. The van der Waals surface area contributed by atoms with Crippen LogP contribution in [0.1, 0.15) is 6.92 Å². The van der Waals surface area contributed by atoms with Crippen molar-refractivity contribution in [3.05, 3.63) is 0 Å². The Morgan fingerprint density at radius 3 is 2.23 bits per heavy atom. The molecule has 0 saturated carbocycles. The number of hydrogen-bond donors (Lipinski definition) is 0. The summed E-state index contributed by atoms with van der Waals surface area (Å²) in [5, 5.41) is 0. The summed E-state index contributed by atoms with van der Waals surface area (Å²) in [6.07, 6.45) is 0. The Balaban J connectivity index is 3.67. The Morgan fingerprint density at radius 1 is 1.23 bits per heavy atom. The van der Waals surface area contributed by atoms with E-state index in [0.717, 1.165) is 0 Å². The van der Waals surface area contributed by atoms with Crippen molar-refractivity contribution in [1.82, 2.24) is 4.90 Å². The predicted molar refractivity (Wildman–Crippen MR) is 46.1 cm³/mol. The molecule has 0 spiro atoms. The fourth-order valence-corrected chi connectivity index (χ4v) is 0.768. The number of carbonyl (C=O) groups excluding carboxylic acids is 2. The molecule has 0 aliphatic rings. The second-order valence-electron chi connectivity index (χ2n) is 2.55. The van der Waals surface area contributed by atoms with Crippen LogP contribution in [0.3, 0.4) is 0 Å². The molecule has 0 rings (SSSR count). The molecule has 0 bridgehead atoms. The lowest BCUT2D eigenvalue weighted by atomic mass is 10.5. The van der Waals surface area contributed by atoms with Crippen molar-refractivity contribution in [2.45, 2.75) is 6.92 Å². The lowest BCUT2D eigenvalue weighted by Crippen LogP contribution is -2.32. The third kappa shape index (κ3) is 6.10. The molecule has 13 heavy (non-hydrogen) atoms. The molecule has 0 N–H and O–H groups in total. The van der Waals surface area contributed by atoms with E-state index in [0.29, 0.717) is 6.61 Å². The van der Waals surface area contributed by atoms with E-state index in [-0.39, 0.29) is 25.0 Å². The van der Waals surface area contributed by atoms with Gasteiger partial charge in [-0.3, -0.25) is 14.5 Å². The molecule has 0 aromatic heterocycles. The molecule has 0 aromatic carbocycles. The van der Waals surface area contributed by atoms with Crippen molar-refractivity contribution in [3.63, 3.8) is 0 Å². The maximum Gasteiger partial charge on any atom is 0.320 e. The number of carbonyl (C=O) groups is 2. The van der Waals surface area contributed by atoms with Crippen molar-refractivity contribution >= 4 is 11.9 Å². The van der Waals surface area contributed by atoms with Crippen LogP contribution in [0.2, 0.25) is 0 Å². The van der Waals surface area contributed by atoms with Gasteiger partial charge in [0.2, 0.25) is 0 Å². The van der Waals surface area contributed by atoms with Gasteiger partial charge in [-0.2, -0.15) is 0 Å². The first-order valence-corrected chi connectivity index (χ1v) is 4.01. The van der Waals surface area contributed by atoms with Gasteiger partial charge in [0, 0.05) is 0 Å². The molecular formula is C8H15NO4. The summed E-state index contributed by atoms with van der Waals surface area (Å²) in [4.78, 5) is 23.2. The molecule has 5 nitrogen and oxygen atoms in total. The van der Waals surface area contributed by atoms with Gasteiger partial charge in [-0.1, -0.05) is 0 Å². The first-order valence-electron chi connectivity index (χ1n) is 4.01. The number of nitrogens with zero attached hydrogens (tertiary/aromatic N) is 1. The molecule has 0 aliphatic carbocycles. The second kappa shape index (κ2) is 6.42.